The van der Waals surface area contributed by atoms with Crippen LogP contribution in [0.3, 0.4) is 0 Å². The second kappa shape index (κ2) is 4.86. The molecule has 2 unspecified atom stereocenters. The number of aliphatic hydroxyl groups is 1. The van der Waals surface area contributed by atoms with Crippen LogP contribution in [0.1, 0.15) is 41.9 Å². The van der Waals surface area contributed by atoms with E-state index in [4.69, 9.17) is 4.42 Å². The molecule has 0 spiro atoms. The lowest BCUT2D eigenvalue weighted by molar-refractivity contribution is 0.109. The Labute approximate surface area is 114 Å². The molecule has 0 bridgehead atoms. The summed E-state index contributed by atoms with van der Waals surface area (Å²) in [6.45, 7) is 0. The largest absolute Gasteiger partial charge is 0.465 e. The van der Waals surface area contributed by atoms with Crippen molar-refractivity contribution in [2.45, 2.75) is 31.3 Å². The van der Waals surface area contributed by atoms with Crippen LogP contribution in [0.2, 0.25) is 0 Å². The van der Waals surface area contributed by atoms with Crippen LogP contribution in [0.4, 0.5) is 0 Å². The molecule has 4 heteroatoms. The van der Waals surface area contributed by atoms with Crippen molar-refractivity contribution in [3.05, 3.63) is 52.1 Å². The lowest BCUT2D eigenvalue weighted by Gasteiger charge is -2.27. The van der Waals surface area contributed by atoms with Gasteiger partial charge in [-0.1, -0.05) is 6.07 Å². The lowest BCUT2D eigenvalue weighted by atomic mass is 9.82. The molecule has 3 nitrogen and oxygen atoms in total. The van der Waals surface area contributed by atoms with Crippen LogP contribution in [0.5, 0.6) is 0 Å². The minimum absolute atomic E-state index is 0.0254. The van der Waals surface area contributed by atoms with Gasteiger partial charge in [0.15, 0.2) is 0 Å². The smallest absolute Gasteiger partial charge is 0.147 e. The van der Waals surface area contributed by atoms with E-state index in [2.05, 4.69) is 27.0 Å². The fraction of sp³-hybridized carbons (Fsp3) is 0.357. The summed E-state index contributed by atoms with van der Waals surface area (Å²) < 4.78 is 6.19. The van der Waals surface area contributed by atoms with E-state index in [9.17, 15) is 5.11 Å². The Bertz CT molecular complexity index is 552. The van der Waals surface area contributed by atoms with E-state index in [-0.39, 0.29) is 5.92 Å². The number of aromatic nitrogens is 1. The van der Waals surface area contributed by atoms with Gasteiger partial charge >= 0.3 is 0 Å². The van der Waals surface area contributed by atoms with Gasteiger partial charge in [0, 0.05) is 17.8 Å². The van der Waals surface area contributed by atoms with Crippen LogP contribution in [-0.2, 0) is 6.42 Å². The summed E-state index contributed by atoms with van der Waals surface area (Å²) in [6.07, 6.45) is 5.82. The Kier molecular flexibility index (Phi) is 3.22. The van der Waals surface area contributed by atoms with Gasteiger partial charge in [-0.15, -0.1) is 0 Å². The van der Waals surface area contributed by atoms with Crippen molar-refractivity contribution in [3.63, 3.8) is 0 Å². The number of rotatable bonds is 2. The highest BCUT2D eigenvalue weighted by Gasteiger charge is 2.31. The third-order valence-electron chi connectivity index (χ3n) is 3.53. The molecule has 2 atom stereocenters. The standard InChI is InChI=1S/C14H14BrNO2/c15-11-6-8-18-14(11)13(17)10-5-1-3-9-4-2-7-16-12(9)10/h2,4,6-8,10,13,17H,1,3,5H2. The molecule has 0 saturated carbocycles. The van der Waals surface area contributed by atoms with Crippen LogP contribution in [0, 0.1) is 0 Å². The fourth-order valence-corrected chi connectivity index (χ4v) is 3.09. The van der Waals surface area contributed by atoms with Gasteiger partial charge in [0.2, 0.25) is 0 Å². The minimum Gasteiger partial charge on any atom is -0.465 e. The summed E-state index contributed by atoms with van der Waals surface area (Å²) in [7, 11) is 0. The Balaban J connectivity index is 1.97. The number of hydrogen-bond acceptors (Lipinski definition) is 3. The van der Waals surface area contributed by atoms with Crippen molar-refractivity contribution >= 4 is 15.9 Å². The third-order valence-corrected chi connectivity index (χ3v) is 4.19. The maximum atomic E-state index is 10.5. The fourth-order valence-electron chi connectivity index (χ4n) is 2.65. The maximum Gasteiger partial charge on any atom is 0.147 e. The molecule has 3 rings (SSSR count). The number of aryl methyl sites for hydroxylation is 1. The molecule has 0 saturated heterocycles. The van der Waals surface area contributed by atoms with Crippen molar-refractivity contribution in [1.29, 1.82) is 0 Å². The van der Waals surface area contributed by atoms with Gasteiger partial charge in [0.1, 0.15) is 11.9 Å². The molecule has 0 amide bonds. The normalized spacial score (nSPS) is 20.4. The average molecular weight is 308 g/mol. The Hall–Kier alpha value is -1.13. The maximum absolute atomic E-state index is 10.5. The second-order valence-corrected chi connectivity index (χ2v) is 5.48. The molecule has 0 radical (unpaired) electrons. The number of nitrogens with zero attached hydrogens (tertiary/aromatic N) is 1. The molecule has 94 valence electrons. The second-order valence-electron chi connectivity index (χ2n) is 4.62. The highest BCUT2D eigenvalue weighted by atomic mass is 79.9. The van der Waals surface area contributed by atoms with Gasteiger partial charge in [0.05, 0.1) is 10.7 Å². The molecule has 0 aromatic carbocycles. The third kappa shape index (κ3) is 1.99. The molecule has 1 N–H and O–H groups in total. The van der Waals surface area contributed by atoms with Gasteiger partial charge in [0.25, 0.3) is 0 Å². The van der Waals surface area contributed by atoms with Crippen molar-refractivity contribution in [2.24, 2.45) is 0 Å². The molecule has 1 aliphatic rings. The van der Waals surface area contributed by atoms with Crippen LogP contribution in [0.15, 0.2) is 39.5 Å². The van der Waals surface area contributed by atoms with E-state index in [1.807, 2.05) is 6.07 Å². The average Bonchev–Trinajstić information content (AvgIpc) is 2.83. The molecule has 2 heterocycles. The Morgan fingerprint density at radius 1 is 1.44 bits per heavy atom. The first-order valence-corrected chi connectivity index (χ1v) is 6.91. The molecule has 2 aromatic heterocycles. The van der Waals surface area contributed by atoms with Gasteiger partial charge in [-0.25, -0.2) is 0 Å². The lowest BCUT2D eigenvalue weighted by Crippen LogP contribution is -2.18. The number of aliphatic hydroxyl groups excluding tert-OH is 1. The van der Waals surface area contributed by atoms with E-state index in [1.54, 1.807) is 18.5 Å². The van der Waals surface area contributed by atoms with Gasteiger partial charge in [-0.05, 0) is 52.9 Å². The van der Waals surface area contributed by atoms with Crippen LogP contribution in [-0.4, -0.2) is 10.1 Å². The predicted octanol–water partition coefficient (Wildman–Crippen LogP) is 3.59. The number of furan rings is 1. The van der Waals surface area contributed by atoms with Crippen LogP contribution < -0.4 is 0 Å². The van der Waals surface area contributed by atoms with Gasteiger partial charge in [-0.3, -0.25) is 4.98 Å². The molecule has 1 aliphatic carbocycles. The van der Waals surface area contributed by atoms with Crippen LogP contribution >= 0.6 is 15.9 Å². The van der Waals surface area contributed by atoms with Crippen molar-refractivity contribution in [2.75, 3.05) is 0 Å². The van der Waals surface area contributed by atoms with Crippen molar-refractivity contribution in [3.8, 4) is 0 Å². The number of fused-ring (bicyclic) bond motifs is 1. The molecule has 0 aliphatic heterocycles. The molecular weight excluding hydrogens is 294 g/mol. The number of hydrogen-bond donors (Lipinski definition) is 1. The zero-order chi connectivity index (χ0) is 12.5. The van der Waals surface area contributed by atoms with E-state index >= 15 is 0 Å². The summed E-state index contributed by atoms with van der Waals surface area (Å²) in [4.78, 5) is 4.44. The summed E-state index contributed by atoms with van der Waals surface area (Å²) in [5.74, 6) is 0.621. The van der Waals surface area contributed by atoms with Gasteiger partial charge < -0.3 is 9.52 Å². The summed E-state index contributed by atoms with van der Waals surface area (Å²) in [5, 5.41) is 10.5. The molecular formula is C14H14BrNO2. The van der Waals surface area contributed by atoms with E-state index < -0.39 is 6.10 Å². The van der Waals surface area contributed by atoms with E-state index in [1.165, 1.54) is 5.56 Å². The first-order valence-electron chi connectivity index (χ1n) is 6.12. The van der Waals surface area contributed by atoms with Crippen molar-refractivity contribution in [1.82, 2.24) is 4.98 Å². The summed E-state index contributed by atoms with van der Waals surface area (Å²) >= 11 is 3.40. The Morgan fingerprint density at radius 2 is 2.33 bits per heavy atom. The highest BCUT2D eigenvalue weighted by molar-refractivity contribution is 9.10. The summed E-state index contributed by atoms with van der Waals surface area (Å²) in [5.41, 5.74) is 2.26. The SMILES string of the molecule is OC(c1occc1Br)C1CCCc2cccnc21. The quantitative estimate of drug-likeness (QED) is 0.922. The highest BCUT2D eigenvalue weighted by Crippen LogP contribution is 2.41. The first kappa shape index (κ1) is 11.9. The van der Waals surface area contributed by atoms with E-state index in [0.29, 0.717) is 5.76 Å². The molecule has 18 heavy (non-hydrogen) atoms. The van der Waals surface area contributed by atoms with E-state index in [0.717, 1.165) is 29.4 Å². The summed E-state index contributed by atoms with van der Waals surface area (Å²) in [6, 6.07) is 5.86. The van der Waals surface area contributed by atoms with Crippen LogP contribution in [0.25, 0.3) is 0 Å². The zero-order valence-electron chi connectivity index (χ0n) is 9.84. The monoisotopic (exact) mass is 307 g/mol. The minimum atomic E-state index is -0.636. The van der Waals surface area contributed by atoms with Gasteiger partial charge in [-0.2, -0.15) is 0 Å². The first-order chi connectivity index (χ1) is 8.77. The molecule has 0 fully saturated rings. The zero-order valence-corrected chi connectivity index (χ0v) is 11.4. The topological polar surface area (TPSA) is 46.3 Å². The predicted molar refractivity (Wildman–Crippen MR) is 71.3 cm³/mol. The molecule has 2 aromatic rings. The van der Waals surface area contributed by atoms with Crippen molar-refractivity contribution < 1.29 is 9.52 Å². The number of halogens is 1. The Morgan fingerprint density at radius 3 is 3.11 bits per heavy atom. The number of pyridine rings is 1.